The number of halogens is 1. The monoisotopic (exact) mass is 243 g/mol. The van der Waals surface area contributed by atoms with E-state index in [4.69, 9.17) is 5.11 Å². The highest BCUT2D eigenvalue weighted by atomic mass is 79.9. The molecule has 0 aliphatic rings. The Balaban J connectivity index is 2.76. The van der Waals surface area contributed by atoms with Gasteiger partial charge < -0.3 is 10.4 Å². The van der Waals surface area contributed by atoms with Crippen LogP contribution in [0.3, 0.4) is 0 Å². The van der Waals surface area contributed by atoms with E-state index in [0.717, 1.165) is 10.0 Å². The Morgan fingerprint density at radius 1 is 1.62 bits per heavy atom. The first-order chi connectivity index (χ1) is 6.09. The third kappa shape index (κ3) is 3.06. The zero-order valence-corrected chi connectivity index (χ0v) is 8.71. The lowest BCUT2D eigenvalue weighted by Crippen LogP contribution is -2.24. The van der Waals surface area contributed by atoms with E-state index in [0.29, 0.717) is 0 Å². The van der Waals surface area contributed by atoms with Crippen molar-refractivity contribution in [1.82, 2.24) is 5.32 Å². The van der Waals surface area contributed by atoms with Crippen molar-refractivity contribution in [2.45, 2.75) is 13.0 Å². The predicted octanol–water partition coefficient (Wildman–Crippen LogP) is 2.78. The van der Waals surface area contributed by atoms with Gasteiger partial charge in [0.25, 0.3) is 0 Å². The van der Waals surface area contributed by atoms with Crippen molar-refractivity contribution < 1.29 is 9.90 Å². The summed E-state index contributed by atoms with van der Waals surface area (Å²) >= 11 is 3.32. The summed E-state index contributed by atoms with van der Waals surface area (Å²) < 4.78 is 0.948. The Morgan fingerprint density at radius 2 is 2.31 bits per heavy atom. The third-order valence-corrected chi connectivity index (χ3v) is 2.18. The van der Waals surface area contributed by atoms with Crippen LogP contribution in [-0.2, 0) is 0 Å². The molecule has 1 atom stereocenters. The highest BCUT2D eigenvalue weighted by Gasteiger charge is 2.07. The van der Waals surface area contributed by atoms with E-state index < -0.39 is 6.09 Å². The number of hydrogen-bond donors (Lipinski definition) is 2. The van der Waals surface area contributed by atoms with Gasteiger partial charge in [0, 0.05) is 4.47 Å². The number of carboxylic acid groups (broad SMARTS) is 1. The van der Waals surface area contributed by atoms with Crippen LogP contribution in [0.15, 0.2) is 28.7 Å². The largest absolute Gasteiger partial charge is 0.465 e. The average Bonchev–Trinajstić information content (AvgIpc) is 2.03. The molecule has 0 saturated carbocycles. The molecular weight excluding hydrogens is 234 g/mol. The normalized spacial score (nSPS) is 12.2. The molecule has 70 valence electrons. The van der Waals surface area contributed by atoms with Crippen molar-refractivity contribution in [2.24, 2.45) is 0 Å². The summed E-state index contributed by atoms with van der Waals surface area (Å²) in [5.74, 6) is 0. The van der Waals surface area contributed by atoms with Gasteiger partial charge in [0.2, 0.25) is 0 Å². The highest BCUT2D eigenvalue weighted by molar-refractivity contribution is 9.10. The molecule has 4 heteroatoms. The maximum Gasteiger partial charge on any atom is 0.405 e. The molecule has 3 nitrogen and oxygen atoms in total. The fourth-order valence-electron chi connectivity index (χ4n) is 1.04. The van der Waals surface area contributed by atoms with Gasteiger partial charge in [-0.25, -0.2) is 4.79 Å². The molecule has 1 amide bonds. The molecule has 13 heavy (non-hydrogen) atoms. The molecule has 0 spiro atoms. The summed E-state index contributed by atoms with van der Waals surface area (Å²) in [6.45, 7) is 1.80. The highest BCUT2D eigenvalue weighted by Crippen LogP contribution is 2.17. The molecule has 1 aromatic carbocycles. The van der Waals surface area contributed by atoms with E-state index in [-0.39, 0.29) is 6.04 Å². The Labute approximate surface area is 84.9 Å². The zero-order valence-electron chi connectivity index (χ0n) is 7.12. The van der Waals surface area contributed by atoms with Gasteiger partial charge in [0.05, 0.1) is 6.04 Å². The number of rotatable bonds is 2. The molecule has 1 rings (SSSR count). The van der Waals surface area contributed by atoms with Gasteiger partial charge in [-0.3, -0.25) is 0 Å². The molecule has 0 bridgehead atoms. The topological polar surface area (TPSA) is 49.3 Å². The Hall–Kier alpha value is -1.03. The van der Waals surface area contributed by atoms with Crippen molar-refractivity contribution in [1.29, 1.82) is 0 Å². The SMILES string of the molecule is C[C@@H](NC(=O)O)c1cccc(Br)c1. The van der Waals surface area contributed by atoms with Crippen LogP contribution < -0.4 is 5.32 Å². The standard InChI is InChI=1S/C9H10BrNO2/c1-6(11-9(12)13)7-3-2-4-8(10)5-7/h2-6,11H,1H3,(H,12,13)/t6-/m1/s1. The second-order valence-corrected chi connectivity index (χ2v) is 3.64. The summed E-state index contributed by atoms with van der Waals surface area (Å²) in [6.07, 6.45) is -1.01. The average molecular weight is 244 g/mol. The van der Waals surface area contributed by atoms with Crippen LogP contribution >= 0.6 is 15.9 Å². The number of carbonyl (C=O) groups is 1. The quantitative estimate of drug-likeness (QED) is 0.840. The van der Waals surface area contributed by atoms with E-state index in [1.54, 1.807) is 6.92 Å². The van der Waals surface area contributed by atoms with Gasteiger partial charge in [-0.1, -0.05) is 28.1 Å². The van der Waals surface area contributed by atoms with Crippen LogP contribution in [0.5, 0.6) is 0 Å². The Kier molecular flexibility index (Phi) is 3.31. The molecule has 1 aromatic rings. The first-order valence-corrected chi connectivity index (χ1v) is 4.64. The third-order valence-electron chi connectivity index (χ3n) is 1.69. The Bertz CT molecular complexity index is 314. The molecule has 0 radical (unpaired) electrons. The summed E-state index contributed by atoms with van der Waals surface area (Å²) in [6, 6.07) is 7.36. The van der Waals surface area contributed by atoms with Gasteiger partial charge in [-0.15, -0.1) is 0 Å². The minimum Gasteiger partial charge on any atom is -0.465 e. The second-order valence-electron chi connectivity index (χ2n) is 2.73. The molecule has 2 N–H and O–H groups in total. The lowest BCUT2D eigenvalue weighted by Gasteiger charge is -2.11. The van der Waals surface area contributed by atoms with E-state index in [1.807, 2.05) is 24.3 Å². The molecule has 0 aliphatic heterocycles. The lowest BCUT2D eigenvalue weighted by atomic mass is 10.1. The van der Waals surface area contributed by atoms with Gasteiger partial charge in [0.1, 0.15) is 0 Å². The van der Waals surface area contributed by atoms with E-state index in [9.17, 15) is 4.79 Å². The fraction of sp³-hybridized carbons (Fsp3) is 0.222. The molecule has 0 heterocycles. The van der Waals surface area contributed by atoms with Gasteiger partial charge in [-0.05, 0) is 24.6 Å². The summed E-state index contributed by atoms with van der Waals surface area (Å²) in [5.41, 5.74) is 0.941. The van der Waals surface area contributed by atoms with Crippen LogP contribution in [0.2, 0.25) is 0 Å². The second kappa shape index (κ2) is 4.28. The maximum absolute atomic E-state index is 10.3. The van der Waals surface area contributed by atoms with Crippen molar-refractivity contribution in [3.8, 4) is 0 Å². The molecule has 0 aliphatic carbocycles. The fourth-order valence-corrected chi connectivity index (χ4v) is 1.46. The van der Waals surface area contributed by atoms with E-state index >= 15 is 0 Å². The molecule has 0 fully saturated rings. The van der Waals surface area contributed by atoms with Gasteiger partial charge >= 0.3 is 6.09 Å². The first kappa shape index (κ1) is 10.1. The summed E-state index contributed by atoms with van der Waals surface area (Å²) in [7, 11) is 0. The summed E-state index contributed by atoms with van der Waals surface area (Å²) in [4.78, 5) is 10.3. The number of hydrogen-bond acceptors (Lipinski definition) is 1. The minimum atomic E-state index is -1.01. The first-order valence-electron chi connectivity index (χ1n) is 3.84. The van der Waals surface area contributed by atoms with Crippen LogP contribution in [0.4, 0.5) is 4.79 Å². The van der Waals surface area contributed by atoms with Crippen molar-refractivity contribution in [3.63, 3.8) is 0 Å². The predicted molar refractivity (Wildman–Crippen MR) is 53.7 cm³/mol. The number of benzene rings is 1. The van der Waals surface area contributed by atoms with Crippen LogP contribution in [-0.4, -0.2) is 11.2 Å². The molecule has 0 aromatic heterocycles. The molecule has 0 unspecified atom stereocenters. The van der Waals surface area contributed by atoms with Crippen molar-refractivity contribution in [2.75, 3.05) is 0 Å². The smallest absolute Gasteiger partial charge is 0.405 e. The maximum atomic E-state index is 10.3. The van der Waals surface area contributed by atoms with E-state index in [1.165, 1.54) is 0 Å². The Morgan fingerprint density at radius 3 is 2.85 bits per heavy atom. The number of nitrogens with one attached hydrogen (secondary N) is 1. The van der Waals surface area contributed by atoms with Gasteiger partial charge in [0.15, 0.2) is 0 Å². The lowest BCUT2D eigenvalue weighted by molar-refractivity contribution is 0.191. The molecular formula is C9H10BrNO2. The zero-order chi connectivity index (χ0) is 9.84. The molecule has 0 saturated heterocycles. The van der Waals surface area contributed by atoms with E-state index in [2.05, 4.69) is 21.2 Å². The minimum absolute atomic E-state index is 0.185. The van der Waals surface area contributed by atoms with Crippen LogP contribution in [0, 0.1) is 0 Å². The van der Waals surface area contributed by atoms with Crippen LogP contribution in [0.1, 0.15) is 18.5 Å². The summed E-state index contributed by atoms with van der Waals surface area (Å²) in [5, 5.41) is 10.9. The van der Waals surface area contributed by atoms with Gasteiger partial charge in [-0.2, -0.15) is 0 Å². The number of amides is 1. The van der Waals surface area contributed by atoms with Crippen molar-refractivity contribution >= 4 is 22.0 Å². The van der Waals surface area contributed by atoms with Crippen LogP contribution in [0.25, 0.3) is 0 Å². The van der Waals surface area contributed by atoms with Crippen molar-refractivity contribution in [3.05, 3.63) is 34.3 Å².